The maximum absolute atomic E-state index is 12.9. The minimum atomic E-state index is -0.200. The highest BCUT2D eigenvalue weighted by molar-refractivity contribution is 7.12. The average Bonchev–Trinajstić information content (AvgIpc) is 3.40. The van der Waals surface area contributed by atoms with Crippen LogP contribution in [-0.4, -0.2) is 43.5 Å². The first-order valence-electron chi connectivity index (χ1n) is 11.2. The van der Waals surface area contributed by atoms with Crippen molar-refractivity contribution in [3.05, 3.63) is 82.0 Å². The van der Waals surface area contributed by atoms with Crippen molar-refractivity contribution in [2.24, 2.45) is 5.92 Å². The van der Waals surface area contributed by atoms with Crippen LogP contribution in [0.1, 0.15) is 38.4 Å². The first-order valence-corrected chi connectivity index (χ1v) is 12.1. The monoisotopic (exact) mass is 463 g/mol. The molecule has 3 aromatic rings. The van der Waals surface area contributed by atoms with Gasteiger partial charge in [-0.2, -0.15) is 0 Å². The number of carbonyl (C=O) groups is 2. The van der Waals surface area contributed by atoms with Crippen LogP contribution in [0.15, 0.2) is 66.0 Å². The number of hydrogen-bond donors (Lipinski definition) is 2. The molecule has 0 spiro atoms. The Kier molecular flexibility index (Phi) is 7.75. The summed E-state index contributed by atoms with van der Waals surface area (Å²) in [6.45, 7) is 3.60. The van der Waals surface area contributed by atoms with Crippen molar-refractivity contribution in [2.75, 3.05) is 32.1 Å². The van der Waals surface area contributed by atoms with E-state index in [0.717, 1.165) is 38.2 Å². The van der Waals surface area contributed by atoms with Crippen LogP contribution < -0.4 is 15.4 Å². The highest BCUT2D eigenvalue weighted by Crippen LogP contribution is 2.21. The first kappa shape index (κ1) is 23.0. The van der Waals surface area contributed by atoms with Gasteiger partial charge in [0, 0.05) is 13.1 Å². The number of likely N-dealkylation sites (tertiary alicyclic amines) is 1. The number of piperidine rings is 1. The quantitative estimate of drug-likeness (QED) is 0.510. The molecular weight excluding hydrogens is 434 g/mol. The molecule has 2 heterocycles. The van der Waals surface area contributed by atoms with Gasteiger partial charge in [-0.1, -0.05) is 30.3 Å². The fourth-order valence-electron chi connectivity index (χ4n) is 4.05. The fraction of sp³-hybridized carbons (Fsp3) is 0.308. The molecule has 33 heavy (non-hydrogen) atoms. The first-order chi connectivity index (χ1) is 16.1. The number of ether oxygens (including phenoxy) is 1. The van der Waals surface area contributed by atoms with Gasteiger partial charge >= 0.3 is 0 Å². The lowest BCUT2D eigenvalue weighted by atomic mass is 9.96. The molecule has 2 aromatic carbocycles. The average molecular weight is 464 g/mol. The predicted molar refractivity (Wildman–Crippen MR) is 132 cm³/mol. The highest BCUT2D eigenvalue weighted by atomic mass is 32.1. The largest absolute Gasteiger partial charge is 0.497 e. The van der Waals surface area contributed by atoms with Crippen molar-refractivity contribution >= 4 is 28.8 Å². The van der Waals surface area contributed by atoms with Gasteiger partial charge in [0.2, 0.25) is 0 Å². The van der Waals surface area contributed by atoms with Crippen molar-refractivity contribution in [1.29, 1.82) is 0 Å². The molecule has 1 aliphatic heterocycles. The predicted octanol–water partition coefficient (Wildman–Crippen LogP) is 4.65. The number of anilines is 1. The van der Waals surface area contributed by atoms with Crippen molar-refractivity contribution in [3.8, 4) is 5.75 Å². The van der Waals surface area contributed by atoms with Gasteiger partial charge in [0.05, 0.1) is 23.2 Å². The van der Waals surface area contributed by atoms with Crippen LogP contribution in [0, 0.1) is 5.92 Å². The number of para-hydroxylation sites is 1. The van der Waals surface area contributed by atoms with E-state index >= 15 is 0 Å². The molecule has 0 bridgehead atoms. The van der Waals surface area contributed by atoms with E-state index in [-0.39, 0.29) is 11.8 Å². The minimum Gasteiger partial charge on any atom is -0.497 e. The number of nitrogens with one attached hydrogen (secondary N) is 2. The number of thiophene rings is 1. The standard InChI is InChI=1S/C26H29N3O3S/c1-32-21-10-8-20(9-11-21)18-29-14-12-19(13-15-29)17-27-25(30)22-5-2-3-6-23(22)28-26(31)24-7-4-16-33-24/h2-11,16,19H,12-15,17-18H2,1H3,(H,27,30)(H,28,31). The number of rotatable bonds is 8. The summed E-state index contributed by atoms with van der Waals surface area (Å²) in [4.78, 5) is 28.3. The number of benzene rings is 2. The van der Waals surface area contributed by atoms with Crippen molar-refractivity contribution in [3.63, 3.8) is 0 Å². The third-order valence-electron chi connectivity index (χ3n) is 5.99. The summed E-state index contributed by atoms with van der Waals surface area (Å²) >= 11 is 1.37. The van der Waals surface area contributed by atoms with Crippen LogP contribution in [-0.2, 0) is 6.54 Å². The van der Waals surface area contributed by atoms with E-state index in [1.807, 2.05) is 35.7 Å². The lowest BCUT2D eigenvalue weighted by molar-refractivity contribution is 0.0936. The second-order valence-electron chi connectivity index (χ2n) is 8.25. The van der Waals surface area contributed by atoms with Crippen molar-refractivity contribution in [1.82, 2.24) is 10.2 Å². The Balaban J connectivity index is 1.25. The number of carbonyl (C=O) groups excluding carboxylic acids is 2. The van der Waals surface area contributed by atoms with Crippen LogP contribution >= 0.6 is 11.3 Å². The Morgan fingerprint density at radius 1 is 1.00 bits per heavy atom. The van der Waals surface area contributed by atoms with Crippen molar-refractivity contribution in [2.45, 2.75) is 19.4 Å². The molecule has 0 atom stereocenters. The van der Waals surface area contributed by atoms with Gasteiger partial charge in [-0.05, 0) is 73.1 Å². The summed E-state index contributed by atoms with van der Waals surface area (Å²) in [5.41, 5.74) is 2.30. The van der Waals surface area contributed by atoms with Gasteiger partial charge in [0.1, 0.15) is 5.75 Å². The van der Waals surface area contributed by atoms with E-state index in [4.69, 9.17) is 4.74 Å². The molecule has 6 nitrogen and oxygen atoms in total. The van der Waals surface area contributed by atoms with E-state index in [9.17, 15) is 9.59 Å². The molecule has 172 valence electrons. The number of hydrogen-bond acceptors (Lipinski definition) is 5. The molecule has 1 aliphatic rings. The molecule has 7 heteroatoms. The van der Waals surface area contributed by atoms with E-state index in [0.29, 0.717) is 28.6 Å². The molecule has 1 aromatic heterocycles. The van der Waals surface area contributed by atoms with Crippen LogP contribution in [0.2, 0.25) is 0 Å². The Bertz CT molecular complexity index is 1060. The third kappa shape index (κ3) is 6.21. The topological polar surface area (TPSA) is 70.7 Å². The molecule has 0 unspecified atom stereocenters. The van der Waals surface area contributed by atoms with Crippen molar-refractivity contribution < 1.29 is 14.3 Å². The molecule has 0 saturated carbocycles. The van der Waals surface area contributed by atoms with Gasteiger partial charge in [0.25, 0.3) is 11.8 Å². The summed E-state index contributed by atoms with van der Waals surface area (Å²) < 4.78 is 5.23. The van der Waals surface area contributed by atoms with Gasteiger partial charge in [-0.25, -0.2) is 0 Å². The number of amides is 2. The van der Waals surface area contributed by atoms with E-state index in [2.05, 4.69) is 27.7 Å². The summed E-state index contributed by atoms with van der Waals surface area (Å²) in [5.74, 6) is 0.974. The minimum absolute atomic E-state index is 0.155. The molecule has 2 amide bonds. The Labute approximate surface area is 198 Å². The lowest BCUT2D eigenvalue weighted by Gasteiger charge is -2.32. The maximum Gasteiger partial charge on any atom is 0.265 e. The smallest absolute Gasteiger partial charge is 0.265 e. The molecule has 4 rings (SSSR count). The fourth-order valence-corrected chi connectivity index (χ4v) is 4.67. The van der Waals surface area contributed by atoms with Crippen LogP contribution in [0.4, 0.5) is 5.69 Å². The summed E-state index contributed by atoms with van der Waals surface area (Å²) in [7, 11) is 1.68. The summed E-state index contributed by atoms with van der Waals surface area (Å²) in [6.07, 6.45) is 2.10. The van der Waals surface area contributed by atoms with Crippen LogP contribution in [0.5, 0.6) is 5.75 Å². The SMILES string of the molecule is COc1ccc(CN2CCC(CNC(=O)c3ccccc3NC(=O)c3cccs3)CC2)cc1. The zero-order valence-corrected chi connectivity index (χ0v) is 19.6. The maximum atomic E-state index is 12.9. The molecule has 1 fully saturated rings. The molecular formula is C26H29N3O3S. The highest BCUT2D eigenvalue weighted by Gasteiger charge is 2.21. The van der Waals surface area contributed by atoms with Gasteiger partial charge in [-0.15, -0.1) is 11.3 Å². The Hall–Kier alpha value is -3.16. The Morgan fingerprint density at radius 2 is 1.76 bits per heavy atom. The van der Waals surface area contributed by atoms with Gasteiger partial charge < -0.3 is 15.4 Å². The number of nitrogens with zero attached hydrogens (tertiary/aromatic N) is 1. The van der Waals surface area contributed by atoms with Gasteiger partial charge in [-0.3, -0.25) is 14.5 Å². The second-order valence-corrected chi connectivity index (χ2v) is 9.20. The summed E-state index contributed by atoms with van der Waals surface area (Å²) in [5, 5.41) is 7.80. The zero-order chi connectivity index (χ0) is 23.0. The summed E-state index contributed by atoms with van der Waals surface area (Å²) in [6, 6.07) is 19.0. The van der Waals surface area contributed by atoms with Crippen LogP contribution in [0.3, 0.4) is 0 Å². The van der Waals surface area contributed by atoms with E-state index in [1.165, 1.54) is 16.9 Å². The zero-order valence-electron chi connectivity index (χ0n) is 18.8. The van der Waals surface area contributed by atoms with Gasteiger partial charge in [0.15, 0.2) is 0 Å². The normalized spacial score (nSPS) is 14.6. The Morgan fingerprint density at radius 3 is 2.45 bits per heavy atom. The molecule has 1 saturated heterocycles. The molecule has 0 radical (unpaired) electrons. The molecule has 0 aliphatic carbocycles. The number of methoxy groups -OCH3 is 1. The van der Waals surface area contributed by atoms with E-state index in [1.54, 1.807) is 25.3 Å². The molecule has 2 N–H and O–H groups in total. The second kappa shape index (κ2) is 11.1. The third-order valence-corrected chi connectivity index (χ3v) is 6.86. The van der Waals surface area contributed by atoms with Crippen LogP contribution in [0.25, 0.3) is 0 Å². The lowest BCUT2D eigenvalue weighted by Crippen LogP contribution is -2.38. The van der Waals surface area contributed by atoms with E-state index < -0.39 is 0 Å².